The first-order valence-electron chi connectivity index (χ1n) is 10.7. The molecule has 1 saturated heterocycles. The van der Waals surface area contributed by atoms with Crippen LogP contribution in [-0.2, 0) is 20.0 Å². The second kappa shape index (κ2) is 9.11. The zero-order valence-corrected chi connectivity index (χ0v) is 20.4. The Morgan fingerprint density at radius 3 is 2.12 bits per heavy atom. The van der Waals surface area contributed by atoms with Crippen LogP contribution >= 0.6 is 0 Å². The minimum Gasteiger partial charge on any atom is -0.322 e. The van der Waals surface area contributed by atoms with Gasteiger partial charge in [-0.25, -0.2) is 16.8 Å². The molecule has 3 aromatic rings. The third-order valence-electron chi connectivity index (χ3n) is 5.68. The molecule has 10 heteroatoms. The van der Waals surface area contributed by atoms with Gasteiger partial charge in [-0.15, -0.1) is 0 Å². The number of aryl methyl sites for hydroxylation is 1. The van der Waals surface area contributed by atoms with E-state index in [-0.39, 0.29) is 16.6 Å². The number of benzene rings is 3. The maximum atomic E-state index is 12.9. The summed E-state index contributed by atoms with van der Waals surface area (Å²) in [7, 11) is -5.52. The molecule has 0 spiro atoms. The van der Waals surface area contributed by atoms with E-state index < -0.39 is 20.0 Å². The average Bonchev–Trinajstić information content (AvgIpc) is 3.18. The smallest absolute Gasteiger partial charge is 0.264 e. The fraction of sp³-hybridized carbons (Fsp3) is 0.208. The third kappa shape index (κ3) is 4.78. The Hall–Kier alpha value is -3.37. The van der Waals surface area contributed by atoms with E-state index in [9.17, 15) is 21.6 Å². The van der Waals surface area contributed by atoms with E-state index in [4.69, 9.17) is 0 Å². The summed E-state index contributed by atoms with van der Waals surface area (Å²) in [5, 5.41) is 2.77. The first kappa shape index (κ1) is 23.8. The number of nitrogens with one attached hydrogen (secondary N) is 1. The molecule has 0 aliphatic carbocycles. The van der Waals surface area contributed by atoms with E-state index in [0.29, 0.717) is 35.6 Å². The summed E-state index contributed by atoms with van der Waals surface area (Å²) in [4.78, 5) is 12.8. The number of carbonyl (C=O) groups is 1. The molecule has 0 bridgehead atoms. The first-order chi connectivity index (χ1) is 16.1. The van der Waals surface area contributed by atoms with Crippen molar-refractivity contribution in [3.8, 4) is 0 Å². The van der Waals surface area contributed by atoms with Crippen LogP contribution in [0.1, 0.15) is 22.3 Å². The van der Waals surface area contributed by atoms with E-state index >= 15 is 0 Å². The molecule has 0 atom stereocenters. The topological polar surface area (TPSA) is 104 Å². The Labute approximate surface area is 199 Å². The second-order valence-corrected chi connectivity index (χ2v) is 12.1. The Morgan fingerprint density at radius 2 is 1.56 bits per heavy atom. The predicted molar refractivity (Wildman–Crippen MR) is 133 cm³/mol. The Kier molecular flexibility index (Phi) is 6.37. The second-order valence-electron chi connectivity index (χ2n) is 8.08. The lowest BCUT2D eigenvalue weighted by Crippen LogP contribution is -2.26. The van der Waals surface area contributed by atoms with E-state index in [1.807, 2.05) is 6.92 Å². The summed E-state index contributed by atoms with van der Waals surface area (Å²) in [5.41, 5.74) is 2.84. The average molecular weight is 500 g/mol. The number of amides is 1. The van der Waals surface area contributed by atoms with Crippen molar-refractivity contribution in [1.29, 1.82) is 0 Å². The summed E-state index contributed by atoms with van der Waals surface area (Å²) in [6.45, 7) is 2.34. The van der Waals surface area contributed by atoms with Crippen molar-refractivity contribution in [1.82, 2.24) is 0 Å². The van der Waals surface area contributed by atoms with Gasteiger partial charge in [0.15, 0.2) is 0 Å². The van der Waals surface area contributed by atoms with Gasteiger partial charge in [0, 0.05) is 24.8 Å². The van der Waals surface area contributed by atoms with E-state index in [0.717, 1.165) is 5.56 Å². The maximum absolute atomic E-state index is 12.9. The van der Waals surface area contributed by atoms with Gasteiger partial charge in [0.1, 0.15) is 0 Å². The van der Waals surface area contributed by atoms with Crippen LogP contribution in [0.15, 0.2) is 77.7 Å². The lowest BCUT2D eigenvalue weighted by molar-refractivity contribution is 0.102. The van der Waals surface area contributed by atoms with Crippen molar-refractivity contribution in [2.45, 2.75) is 18.2 Å². The molecule has 1 amide bonds. The molecule has 8 nitrogen and oxygen atoms in total. The van der Waals surface area contributed by atoms with Crippen molar-refractivity contribution in [2.75, 3.05) is 33.3 Å². The van der Waals surface area contributed by atoms with E-state index in [1.165, 1.54) is 15.7 Å². The lowest BCUT2D eigenvalue weighted by atomic mass is 10.2. The number of hydrogen-bond donors (Lipinski definition) is 1. The number of nitrogens with zero attached hydrogens (tertiary/aromatic N) is 2. The van der Waals surface area contributed by atoms with Crippen molar-refractivity contribution < 1.29 is 21.6 Å². The number of carbonyl (C=O) groups excluding carboxylic acids is 1. The van der Waals surface area contributed by atoms with Crippen LogP contribution in [0.3, 0.4) is 0 Å². The highest BCUT2D eigenvalue weighted by molar-refractivity contribution is 7.93. The number of rotatable bonds is 6. The molecule has 0 unspecified atom stereocenters. The van der Waals surface area contributed by atoms with Crippen molar-refractivity contribution in [3.05, 3.63) is 83.9 Å². The van der Waals surface area contributed by atoms with E-state index in [1.54, 1.807) is 72.8 Å². The van der Waals surface area contributed by atoms with Gasteiger partial charge in [-0.05, 0) is 74.0 Å². The number of hydrogen-bond acceptors (Lipinski definition) is 5. The normalized spacial score (nSPS) is 15.2. The number of anilines is 3. The van der Waals surface area contributed by atoms with Gasteiger partial charge in [-0.1, -0.05) is 17.7 Å². The van der Waals surface area contributed by atoms with Gasteiger partial charge in [-0.3, -0.25) is 13.4 Å². The Bertz CT molecular complexity index is 1400. The Balaban J connectivity index is 1.44. The molecule has 3 aromatic carbocycles. The van der Waals surface area contributed by atoms with Crippen LogP contribution in [0.2, 0.25) is 0 Å². The first-order valence-corrected chi connectivity index (χ1v) is 13.7. The van der Waals surface area contributed by atoms with E-state index in [2.05, 4.69) is 5.32 Å². The Morgan fingerprint density at radius 1 is 0.941 bits per heavy atom. The zero-order chi connectivity index (χ0) is 24.5. The monoisotopic (exact) mass is 499 g/mol. The van der Waals surface area contributed by atoms with Crippen LogP contribution in [0.25, 0.3) is 0 Å². The van der Waals surface area contributed by atoms with Crippen LogP contribution in [0.4, 0.5) is 17.1 Å². The molecule has 34 heavy (non-hydrogen) atoms. The SMILES string of the molecule is Cc1ccc(S(=O)(=O)N(C)c2ccc(C(=O)Nc3ccc(N4CCCS4(=O)=O)cc3)cc2)cc1. The molecule has 0 aromatic heterocycles. The molecule has 0 saturated carbocycles. The van der Waals surface area contributed by atoms with Gasteiger partial charge < -0.3 is 5.32 Å². The molecular formula is C24H25N3O5S2. The van der Waals surface area contributed by atoms with Gasteiger partial charge in [0.25, 0.3) is 15.9 Å². The van der Waals surface area contributed by atoms with Crippen LogP contribution in [-0.4, -0.2) is 42.1 Å². The van der Waals surface area contributed by atoms with Gasteiger partial charge in [0.2, 0.25) is 10.0 Å². The van der Waals surface area contributed by atoms with Crippen molar-refractivity contribution in [3.63, 3.8) is 0 Å². The van der Waals surface area contributed by atoms with Crippen molar-refractivity contribution >= 4 is 43.0 Å². The van der Waals surface area contributed by atoms with Crippen LogP contribution in [0.5, 0.6) is 0 Å². The van der Waals surface area contributed by atoms with Gasteiger partial charge >= 0.3 is 0 Å². The molecule has 1 heterocycles. The molecule has 1 aliphatic rings. The van der Waals surface area contributed by atoms with Crippen LogP contribution < -0.4 is 13.9 Å². The zero-order valence-electron chi connectivity index (χ0n) is 18.8. The summed E-state index contributed by atoms with van der Waals surface area (Å²) in [6.07, 6.45) is 0.596. The number of sulfonamides is 2. The molecule has 4 rings (SSSR count). The maximum Gasteiger partial charge on any atom is 0.264 e. The fourth-order valence-electron chi connectivity index (χ4n) is 3.67. The molecule has 178 valence electrons. The molecule has 1 N–H and O–H groups in total. The highest BCUT2D eigenvalue weighted by Gasteiger charge is 2.28. The largest absolute Gasteiger partial charge is 0.322 e. The molecule has 0 radical (unpaired) electrons. The summed E-state index contributed by atoms with van der Waals surface area (Å²) < 4.78 is 52.4. The summed E-state index contributed by atoms with van der Waals surface area (Å²) >= 11 is 0. The standard InChI is InChI=1S/C24H25N3O5S2/c1-18-4-14-23(15-5-18)34(31,32)26(2)21-10-6-19(7-11-21)24(28)25-20-8-12-22(13-9-20)27-16-3-17-33(27,29)30/h4-15H,3,16-17H2,1-2H3,(H,25,28). The highest BCUT2D eigenvalue weighted by Crippen LogP contribution is 2.26. The van der Waals surface area contributed by atoms with Crippen LogP contribution in [0, 0.1) is 6.92 Å². The predicted octanol–water partition coefficient (Wildman–Crippen LogP) is 3.61. The van der Waals surface area contributed by atoms with Gasteiger partial charge in [-0.2, -0.15) is 0 Å². The highest BCUT2D eigenvalue weighted by atomic mass is 32.2. The lowest BCUT2D eigenvalue weighted by Gasteiger charge is -2.20. The third-order valence-corrected chi connectivity index (χ3v) is 9.35. The quantitative estimate of drug-likeness (QED) is 0.558. The van der Waals surface area contributed by atoms with Gasteiger partial charge in [0.05, 0.1) is 22.0 Å². The minimum absolute atomic E-state index is 0.142. The molecule has 1 aliphatic heterocycles. The summed E-state index contributed by atoms with van der Waals surface area (Å²) in [5.74, 6) is -0.222. The molecular weight excluding hydrogens is 474 g/mol. The summed E-state index contributed by atoms with van der Waals surface area (Å²) in [6, 6.07) is 19.5. The van der Waals surface area contributed by atoms with Crippen molar-refractivity contribution in [2.24, 2.45) is 0 Å². The molecule has 1 fully saturated rings. The fourth-order valence-corrected chi connectivity index (χ4v) is 6.43. The minimum atomic E-state index is -3.72.